The van der Waals surface area contributed by atoms with Crippen LogP contribution in [0, 0.1) is 5.92 Å². The number of rotatable bonds is 6. The molecule has 142 valence electrons. The molecule has 25 heavy (non-hydrogen) atoms. The Hall–Kier alpha value is -0.790. The number of alkyl halides is 2. The molecule has 2 heterocycles. The number of fused-ring (bicyclic) bond motifs is 1. The standard InChI is InChI=1S/C18H29F2N3OS/c1-18(19,20)12-24-17-22-15-7-10-23(11-8-16(15)25-17)9-6-13-2-4-14(21)5-3-13/h13-14H,2-12,21H2,1H3. The van der Waals surface area contributed by atoms with E-state index in [9.17, 15) is 8.78 Å². The molecule has 1 fully saturated rings. The Balaban J connectivity index is 1.44. The van der Waals surface area contributed by atoms with Crippen molar-refractivity contribution < 1.29 is 13.5 Å². The number of nitrogens with two attached hydrogens (primary N) is 1. The first-order valence-corrected chi connectivity index (χ1v) is 10.2. The summed E-state index contributed by atoms with van der Waals surface area (Å²) in [6.45, 7) is 3.41. The van der Waals surface area contributed by atoms with E-state index >= 15 is 0 Å². The molecule has 2 N–H and O–H groups in total. The zero-order valence-electron chi connectivity index (χ0n) is 15.0. The van der Waals surface area contributed by atoms with Gasteiger partial charge in [0.2, 0.25) is 0 Å². The average Bonchev–Trinajstić information content (AvgIpc) is 2.86. The third kappa shape index (κ3) is 5.86. The minimum Gasteiger partial charge on any atom is -0.464 e. The number of aromatic nitrogens is 1. The van der Waals surface area contributed by atoms with Gasteiger partial charge in [0.1, 0.15) is 0 Å². The topological polar surface area (TPSA) is 51.4 Å². The zero-order valence-corrected chi connectivity index (χ0v) is 15.8. The van der Waals surface area contributed by atoms with Gasteiger partial charge in [-0.15, -0.1) is 0 Å². The quantitative estimate of drug-likeness (QED) is 0.829. The van der Waals surface area contributed by atoms with Crippen molar-refractivity contribution in [2.24, 2.45) is 11.7 Å². The van der Waals surface area contributed by atoms with Gasteiger partial charge in [0.15, 0.2) is 6.61 Å². The molecule has 1 aromatic rings. The third-order valence-corrected chi connectivity index (χ3v) is 6.34. The number of hydrogen-bond acceptors (Lipinski definition) is 5. The second-order valence-electron chi connectivity index (χ2n) is 7.62. The van der Waals surface area contributed by atoms with Gasteiger partial charge >= 0.3 is 0 Å². The highest BCUT2D eigenvalue weighted by Gasteiger charge is 2.25. The maximum absolute atomic E-state index is 12.9. The highest BCUT2D eigenvalue weighted by atomic mass is 32.1. The Kier molecular flexibility index (Phi) is 6.28. The molecule has 7 heteroatoms. The van der Waals surface area contributed by atoms with E-state index in [0.29, 0.717) is 11.2 Å². The summed E-state index contributed by atoms with van der Waals surface area (Å²) in [5.74, 6) is -1.99. The molecule has 1 aromatic heterocycles. The summed E-state index contributed by atoms with van der Waals surface area (Å²) in [6, 6.07) is 0.417. The van der Waals surface area contributed by atoms with Crippen molar-refractivity contribution >= 4 is 11.3 Å². The molecule has 0 bridgehead atoms. The summed E-state index contributed by atoms with van der Waals surface area (Å²) < 4.78 is 31.0. The third-order valence-electron chi connectivity index (χ3n) is 5.27. The molecule has 0 unspecified atom stereocenters. The summed E-state index contributed by atoms with van der Waals surface area (Å²) in [6.07, 6.45) is 7.96. The molecule has 1 saturated carbocycles. The second kappa shape index (κ2) is 8.27. The lowest BCUT2D eigenvalue weighted by Gasteiger charge is -2.28. The fraction of sp³-hybridized carbons (Fsp3) is 0.833. The number of nitrogens with zero attached hydrogens (tertiary/aromatic N) is 2. The van der Waals surface area contributed by atoms with Crippen LogP contribution in [-0.4, -0.2) is 48.1 Å². The van der Waals surface area contributed by atoms with Gasteiger partial charge < -0.3 is 15.4 Å². The van der Waals surface area contributed by atoms with Crippen LogP contribution >= 0.6 is 11.3 Å². The van der Waals surface area contributed by atoms with Crippen LogP contribution in [0.5, 0.6) is 5.19 Å². The molecule has 0 atom stereocenters. The van der Waals surface area contributed by atoms with Crippen LogP contribution in [0.4, 0.5) is 8.78 Å². The minimum atomic E-state index is -2.82. The molecule has 2 aliphatic rings. The van der Waals surface area contributed by atoms with E-state index in [1.54, 1.807) is 0 Å². The summed E-state index contributed by atoms with van der Waals surface area (Å²) in [7, 11) is 0. The Morgan fingerprint density at radius 1 is 1.24 bits per heavy atom. The monoisotopic (exact) mass is 373 g/mol. The van der Waals surface area contributed by atoms with Crippen LogP contribution in [0.1, 0.15) is 49.6 Å². The largest absolute Gasteiger partial charge is 0.464 e. The molecule has 0 saturated heterocycles. The number of ether oxygens (including phenoxy) is 1. The van der Waals surface area contributed by atoms with E-state index in [4.69, 9.17) is 10.5 Å². The van der Waals surface area contributed by atoms with Crippen LogP contribution in [-0.2, 0) is 12.8 Å². The van der Waals surface area contributed by atoms with Crippen molar-refractivity contribution in [2.75, 3.05) is 26.2 Å². The van der Waals surface area contributed by atoms with E-state index < -0.39 is 12.5 Å². The van der Waals surface area contributed by atoms with Crippen LogP contribution in [0.2, 0.25) is 0 Å². The van der Waals surface area contributed by atoms with Gasteiger partial charge in [-0.1, -0.05) is 11.3 Å². The fourth-order valence-electron chi connectivity index (χ4n) is 3.70. The highest BCUT2D eigenvalue weighted by Crippen LogP contribution is 2.30. The Labute approximate surface area is 152 Å². The molecular weight excluding hydrogens is 344 g/mol. The molecule has 1 aliphatic carbocycles. The first-order chi connectivity index (χ1) is 11.9. The van der Waals surface area contributed by atoms with E-state index in [1.165, 1.54) is 48.3 Å². The number of hydrogen-bond donors (Lipinski definition) is 1. The Morgan fingerprint density at radius 3 is 2.68 bits per heavy atom. The maximum Gasteiger partial charge on any atom is 0.278 e. The minimum absolute atomic E-state index is 0.388. The van der Waals surface area contributed by atoms with Crippen molar-refractivity contribution in [3.05, 3.63) is 10.6 Å². The van der Waals surface area contributed by atoms with Crippen molar-refractivity contribution in [1.82, 2.24) is 9.88 Å². The maximum atomic E-state index is 12.9. The van der Waals surface area contributed by atoms with Crippen LogP contribution in [0.15, 0.2) is 0 Å². The molecule has 0 amide bonds. The van der Waals surface area contributed by atoms with E-state index in [-0.39, 0.29) is 0 Å². The van der Waals surface area contributed by atoms with Crippen LogP contribution in [0.3, 0.4) is 0 Å². The highest BCUT2D eigenvalue weighted by molar-refractivity contribution is 7.13. The zero-order chi connectivity index (χ0) is 17.9. The molecule has 4 nitrogen and oxygen atoms in total. The molecular formula is C18H29F2N3OS. The SMILES string of the molecule is CC(F)(F)COc1nc2c(s1)CCN(CCC1CCC(N)CC1)CC2. The van der Waals surface area contributed by atoms with E-state index in [2.05, 4.69) is 9.88 Å². The summed E-state index contributed by atoms with van der Waals surface area (Å²) in [4.78, 5) is 8.14. The van der Waals surface area contributed by atoms with Gasteiger partial charge in [-0.3, -0.25) is 0 Å². The van der Waals surface area contributed by atoms with Crippen LogP contribution < -0.4 is 10.5 Å². The van der Waals surface area contributed by atoms with E-state index in [0.717, 1.165) is 51.0 Å². The predicted octanol–water partition coefficient (Wildman–Crippen LogP) is 3.49. The van der Waals surface area contributed by atoms with Gasteiger partial charge in [-0.25, -0.2) is 13.8 Å². The molecule has 0 radical (unpaired) electrons. The normalized spacial score (nSPS) is 25.4. The van der Waals surface area contributed by atoms with E-state index in [1.807, 2.05) is 0 Å². The average molecular weight is 374 g/mol. The fourth-order valence-corrected chi connectivity index (χ4v) is 4.64. The van der Waals surface area contributed by atoms with Gasteiger partial charge in [-0.05, 0) is 51.0 Å². The summed E-state index contributed by atoms with van der Waals surface area (Å²) in [5.41, 5.74) is 7.02. The van der Waals surface area contributed by atoms with Crippen molar-refractivity contribution in [3.63, 3.8) is 0 Å². The Bertz CT molecular complexity index is 528. The van der Waals surface area contributed by atoms with Crippen LogP contribution in [0.25, 0.3) is 0 Å². The molecule has 0 spiro atoms. The molecule has 0 aromatic carbocycles. The van der Waals surface area contributed by atoms with Gasteiger partial charge in [0.25, 0.3) is 11.1 Å². The lowest BCUT2D eigenvalue weighted by molar-refractivity contribution is -0.0230. The predicted molar refractivity (Wildman–Crippen MR) is 96.6 cm³/mol. The lowest BCUT2D eigenvalue weighted by atomic mass is 9.84. The molecule has 1 aliphatic heterocycles. The van der Waals surface area contributed by atoms with Crippen molar-refractivity contribution in [2.45, 2.75) is 63.8 Å². The lowest BCUT2D eigenvalue weighted by Crippen LogP contribution is -2.31. The van der Waals surface area contributed by atoms with Crippen molar-refractivity contribution in [3.8, 4) is 5.19 Å². The molecule has 3 rings (SSSR count). The number of thiazole rings is 1. The first kappa shape index (κ1) is 19.0. The number of halogens is 2. The Morgan fingerprint density at radius 2 is 1.96 bits per heavy atom. The first-order valence-electron chi connectivity index (χ1n) is 9.36. The summed E-state index contributed by atoms with van der Waals surface area (Å²) >= 11 is 1.43. The van der Waals surface area contributed by atoms with Gasteiger partial charge in [0, 0.05) is 37.4 Å². The van der Waals surface area contributed by atoms with Gasteiger partial charge in [0.05, 0.1) is 5.69 Å². The summed E-state index contributed by atoms with van der Waals surface area (Å²) in [5, 5.41) is 0.388. The van der Waals surface area contributed by atoms with Gasteiger partial charge in [-0.2, -0.15) is 0 Å². The van der Waals surface area contributed by atoms with Crippen molar-refractivity contribution in [1.29, 1.82) is 0 Å². The second-order valence-corrected chi connectivity index (χ2v) is 8.67. The smallest absolute Gasteiger partial charge is 0.278 e.